The van der Waals surface area contributed by atoms with E-state index < -0.39 is 29.4 Å². The zero-order valence-electron chi connectivity index (χ0n) is 23.5. The van der Waals surface area contributed by atoms with Crippen LogP contribution in [-0.2, 0) is 19.0 Å². The Morgan fingerprint density at radius 1 is 1.00 bits per heavy atom. The third kappa shape index (κ3) is 6.89. The van der Waals surface area contributed by atoms with Crippen molar-refractivity contribution < 1.29 is 28.6 Å². The maximum atomic E-state index is 13.8. The highest BCUT2D eigenvalue weighted by Crippen LogP contribution is 2.43. The Bertz CT molecular complexity index is 1550. The molecule has 3 atom stereocenters. The summed E-state index contributed by atoms with van der Waals surface area (Å²) in [6.07, 6.45) is 8.36. The van der Waals surface area contributed by atoms with E-state index in [9.17, 15) is 14.4 Å². The van der Waals surface area contributed by atoms with Crippen LogP contribution in [0.4, 0.5) is 0 Å². The number of Topliss-reactive ketones (excluding diaryl/α,β-unsaturated/α-hetero) is 1. The fourth-order valence-electron chi connectivity index (χ4n) is 4.40. The molecule has 1 heterocycles. The summed E-state index contributed by atoms with van der Waals surface area (Å²) in [5, 5.41) is 0.664. The van der Waals surface area contributed by atoms with Gasteiger partial charge in [-0.05, 0) is 80.4 Å². The van der Waals surface area contributed by atoms with Crippen molar-refractivity contribution in [3.63, 3.8) is 0 Å². The second-order valence-electron chi connectivity index (χ2n) is 10.2. The first-order chi connectivity index (χ1) is 19.9. The van der Waals surface area contributed by atoms with Crippen molar-refractivity contribution in [1.82, 2.24) is 0 Å². The third-order valence-corrected chi connectivity index (χ3v) is 7.86. The van der Waals surface area contributed by atoms with Crippen LogP contribution in [0, 0.1) is 5.92 Å². The van der Waals surface area contributed by atoms with Crippen molar-refractivity contribution in [2.45, 2.75) is 45.8 Å². The van der Waals surface area contributed by atoms with E-state index in [-0.39, 0.29) is 21.7 Å². The monoisotopic (exact) mass is 626 g/mol. The summed E-state index contributed by atoms with van der Waals surface area (Å²) in [7, 11) is 0. The molecule has 1 aliphatic carbocycles. The van der Waals surface area contributed by atoms with Crippen molar-refractivity contribution in [3.05, 3.63) is 128 Å². The summed E-state index contributed by atoms with van der Waals surface area (Å²) in [6.45, 7) is 7.58. The first-order valence-electron chi connectivity index (χ1n) is 13.3. The van der Waals surface area contributed by atoms with Gasteiger partial charge >= 0.3 is 11.9 Å². The number of carbonyl (C=O) groups is 3. The molecule has 0 spiro atoms. The SMILES string of the molecule is CCC(C)/C=C(C)/C=C/C1=CC2=C(Cl)C(=O)[C@](C)(OC(=O)c3ccc(Cl)cc3)[C@H](OC(=O)c3ccc(Cl)cc3)C2=CO1. The lowest BCUT2D eigenvalue weighted by atomic mass is 9.78. The van der Waals surface area contributed by atoms with Crippen LogP contribution in [0.2, 0.25) is 10.0 Å². The molecule has 4 rings (SSSR count). The zero-order valence-corrected chi connectivity index (χ0v) is 25.7. The fourth-order valence-corrected chi connectivity index (χ4v) is 5.00. The minimum atomic E-state index is -2.02. The molecule has 0 saturated heterocycles. The summed E-state index contributed by atoms with van der Waals surface area (Å²) < 4.78 is 17.5. The van der Waals surface area contributed by atoms with E-state index in [2.05, 4.69) is 19.9 Å². The number of esters is 2. The minimum absolute atomic E-state index is 0.143. The lowest BCUT2D eigenvalue weighted by molar-refractivity contribution is -0.143. The van der Waals surface area contributed by atoms with E-state index in [1.54, 1.807) is 12.2 Å². The molecule has 2 aromatic rings. The molecule has 0 radical (unpaired) electrons. The highest BCUT2D eigenvalue weighted by atomic mass is 35.5. The average Bonchev–Trinajstić information content (AvgIpc) is 2.97. The van der Waals surface area contributed by atoms with Gasteiger partial charge in [0.25, 0.3) is 0 Å². The number of hydrogen-bond acceptors (Lipinski definition) is 6. The summed E-state index contributed by atoms with van der Waals surface area (Å²) >= 11 is 18.5. The van der Waals surface area contributed by atoms with Gasteiger partial charge in [0.1, 0.15) is 5.76 Å². The van der Waals surface area contributed by atoms with Gasteiger partial charge in [-0.25, -0.2) is 9.59 Å². The second kappa shape index (κ2) is 13.2. The van der Waals surface area contributed by atoms with Crippen molar-refractivity contribution in [3.8, 4) is 0 Å². The van der Waals surface area contributed by atoms with E-state index in [1.807, 2.05) is 13.0 Å². The van der Waals surface area contributed by atoms with E-state index in [4.69, 9.17) is 49.0 Å². The molecule has 0 bridgehead atoms. The topological polar surface area (TPSA) is 78.9 Å². The van der Waals surface area contributed by atoms with Crippen LogP contribution < -0.4 is 0 Å². The second-order valence-corrected chi connectivity index (χ2v) is 11.5. The fraction of sp³-hybridized carbons (Fsp3) is 0.242. The van der Waals surface area contributed by atoms with Gasteiger partial charge in [-0.2, -0.15) is 0 Å². The molecule has 42 heavy (non-hydrogen) atoms. The molecule has 2 aromatic carbocycles. The highest BCUT2D eigenvalue weighted by molar-refractivity contribution is 6.45. The smallest absolute Gasteiger partial charge is 0.339 e. The van der Waals surface area contributed by atoms with Gasteiger partial charge in [-0.15, -0.1) is 0 Å². The number of benzene rings is 2. The lowest BCUT2D eigenvalue weighted by Gasteiger charge is -2.40. The number of fused-ring (bicyclic) bond motifs is 1. The molecule has 1 aliphatic heterocycles. The molecule has 0 aromatic heterocycles. The molecule has 0 fully saturated rings. The van der Waals surface area contributed by atoms with Crippen molar-refractivity contribution in [2.75, 3.05) is 0 Å². The molecule has 0 N–H and O–H groups in total. The van der Waals surface area contributed by atoms with Gasteiger partial charge < -0.3 is 14.2 Å². The van der Waals surface area contributed by atoms with Crippen LogP contribution in [0.25, 0.3) is 0 Å². The van der Waals surface area contributed by atoms with Gasteiger partial charge in [0.15, 0.2) is 6.10 Å². The number of rotatable bonds is 8. The molecule has 9 heteroatoms. The molecule has 2 aliphatic rings. The molecule has 0 amide bonds. The number of carbonyl (C=O) groups excluding carboxylic acids is 3. The van der Waals surface area contributed by atoms with Gasteiger partial charge in [0.2, 0.25) is 11.4 Å². The Balaban J connectivity index is 1.73. The molecule has 6 nitrogen and oxygen atoms in total. The lowest BCUT2D eigenvalue weighted by Crippen LogP contribution is -2.56. The third-order valence-electron chi connectivity index (χ3n) is 6.98. The van der Waals surface area contributed by atoms with Gasteiger partial charge in [0.05, 0.1) is 22.4 Å². The summed E-state index contributed by atoms with van der Waals surface area (Å²) in [5.74, 6) is -1.50. The maximum Gasteiger partial charge on any atom is 0.339 e. The molecular weight excluding hydrogens is 599 g/mol. The van der Waals surface area contributed by atoms with Crippen LogP contribution in [0.15, 0.2) is 107 Å². The van der Waals surface area contributed by atoms with Gasteiger partial charge in [0, 0.05) is 21.2 Å². The largest absolute Gasteiger partial charge is 0.465 e. The van der Waals surface area contributed by atoms with Crippen LogP contribution in [0.1, 0.15) is 54.8 Å². The Labute approximate surface area is 259 Å². The summed E-state index contributed by atoms with van der Waals surface area (Å²) in [4.78, 5) is 40.2. The van der Waals surface area contributed by atoms with Crippen molar-refractivity contribution >= 4 is 52.5 Å². The minimum Gasteiger partial charge on any atom is -0.465 e. The van der Waals surface area contributed by atoms with Crippen LogP contribution in [-0.4, -0.2) is 29.4 Å². The standard InChI is InChI=1S/C33H29Cl3O6/c1-5-19(2)16-20(3)6-15-25-17-26-27(18-40-25)30(41-31(38)21-7-11-23(34)12-8-21)33(4,29(37)28(26)36)42-32(39)22-9-13-24(35)14-10-22/h6-19,30H,5H2,1-4H3/b15-6+,20-16+/t19?,30-,33+/m1/s1. The highest BCUT2D eigenvalue weighted by Gasteiger charge is 2.55. The first kappa shape index (κ1) is 31.4. The van der Waals surface area contributed by atoms with E-state index in [0.29, 0.717) is 27.3 Å². The van der Waals surface area contributed by atoms with Crippen LogP contribution in [0.3, 0.4) is 0 Å². The Kier molecular flexibility index (Phi) is 9.82. The van der Waals surface area contributed by atoms with E-state index >= 15 is 0 Å². The van der Waals surface area contributed by atoms with Gasteiger partial charge in [-0.1, -0.05) is 72.8 Å². The zero-order chi connectivity index (χ0) is 30.6. The predicted octanol–water partition coefficient (Wildman–Crippen LogP) is 8.56. The maximum absolute atomic E-state index is 13.8. The number of allylic oxidation sites excluding steroid dienone is 5. The number of ether oxygens (including phenoxy) is 3. The Morgan fingerprint density at radius 3 is 2.14 bits per heavy atom. The van der Waals surface area contributed by atoms with Gasteiger partial charge in [-0.3, -0.25) is 4.79 Å². The molecule has 0 saturated carbocycles. The summed E-state index contributed by atoms with van der Waals surface area (Å²) in [6, 6.07) is 12.0. The molecular formula is C33H29Cl3O6. The Hall–Kier alpha value is -3.58. The number of ketones is 1. The predicted molar refractivity (Wildman–Crippen MR) is 163 cm³/mol. The number of hydrogen-bond donors (Lipinski definition) is 0. The average molecular weight is 628 g/mol. The summed E-state index contributed by atoms with van der Waals surface area (Å²) in [5.41, 5.74) is -0.0994. The number of halogens is 3. The first-order valence-corrected chi connectivity index (χ1v) is 14.4. The Morgan fingerprint density at radius 2 is 1.57 bits per heavy atom. The van der Waals surface area contributed by atoms with Crippen LogP contribution >= 0.6 is 34.8 Å². The normalized spacial score (nSPS) is 21.3. The van der Waals surface area contributed by atoms with Crippen LogP contribution in [0.5, 0.6) is 0 Å². The molecule has 1 unspecified atom stereocenters. The quantitative estimate of drug-likeness (QED) is 0.216. The van der Waals surface area contributed by atoms with Crippen molar-refractivity contribution in [2.24, 2.45) is 5.92 Å². The van der Waals surface area contributed by atoms with E-state index in [0.717, 1.165) is 12.0 Å². The van der Waals surface area contributed by atoms with Crippen molar-refractivity contribution in [1.29, 1.82) is 0 Å². The molecule has 218 valence electrons. The van der Waals surface area contributed by atoms with E-state index in [1.165, 1.54) is 61.7 Å².